The van der Waals surface area contributed by atoms with Gasteiger partial charge in [-0.25, -0.2) is 0 Å². The summed E-state index contributed by atoms with van der Waals surface area (Å²) in [5, 5.41) is 15.5. The van der Waals surface area contributed by atoms with Gasteiger partial charge in [-0.05, 0) is 49.9 Å². The zero-order valence-corrected chi connectivity index (χ0v) is 17.4. The molecule has 6 heteroatoms. The first-order valence-corrected chi connectivity index (χ1v) is 10.7. The fraction of sp³-hybridized carbons (Fsp3) is 0.280. The molecule has 3 aromatic rings. The van der Waals surface area contributed by atoms with Crippen molar-refractivity contribution in [2.75, 3.05) is 5.32 Å². The molecule has 0 saturated carbocycles. The molecule has 1 saturated heterocycles. The predicted molar refractivity (Wildman–Crippen MR) is 122 cm³/mol. The summed E-state index contributed by atoms with van der Waals surface area (Å²) >= 11 is 0. The lowest BCUT2D eigenvalue weighted by Gasteiger charge is -2.17. The maximum Gasteiger partial charge on any atom is 0.270 e. The first kappa shape index (κ1) is 19.6. The normalized spacial score (nSPS) is 22.4. The van der Waals surface area contributed by atoms with E-state index in [1.165, 1.54) is 5.57 Å². The molecule has 0 amide bonds. The summed E-state index contributed by atoms with van der Waals surface area (Å²) in [5.41, 5.74) is 4.52. The molecule has 1 N–H and O–H groups in total. The van der Waals surface area contributed by atoms with Gasteiger partial charge in [0.25, 0.3) is 5.69 Å². The van der Waals surface area contributed by atoms with Crippen LogP contribution in [0.2, 0.25) is 0 Å². The number of nitrogens with zero attached hydrogens (tertiary/aromatic N) is 2. The molecule has 6 nitrogen and oxygen atoms in total. The van der Waals surface area contributed by atoms with Gasteiger partial charge < -0.3 is 14.6 Å². The Balaban J connectivity index is 1.42. The standard InChI is InChI=1S/C25H25N3O3/c1-17-6-5-7-18(14-17)12-13-27-22-11-10-21(28(29)30)15-19(22)16-23(27)24-25(31-24)26-20-8-3-2-4-9-20/h2-6,8-11,14-16,18,24-26H,7,12-13H2,1H3/t18-,24?,25?/m0/s1. The lowest BCUT2D eigenvalue weighted by molar-refractivity contribution is -0.384. The third-order valence-electron chi connectivity index (χ3n) is 6.04. The van der Waals surface area contributed by atoms with E-state index in [4.69, 9.17) is 4.74 Å². The number of aryl methyl sites for hydroxylation is 1. The molecule has 158 valence electrons. The summed E-state index contributed by atoms with van der Waals surface area (Å²) in [6.45, 7) is 2.98. The number of nitrogens with one attached hydrogen (secondary N) is 1. The van der Waals surface area contributed by atoms with Crippen molar-refractivity contribution in [3.63, 3.8) is 0 Å². The van der Waals surface area contributed by atoms with Crippen LogP contribution in [0.25, 0.3) is 10.9 Å². The molecule has 1 aromatic heterocycles. The molecule has 2 aliphatic rings. The smallest absolute Gasteiger partial charge is 0.270 e. The minimum atomic E-state index is -0.341. The average Bonchev–Trinajstić information content (AvgIpc) is 3.43. The first-order chi connectivity index (χ1) is 15.1. The molecule has 31 heavy (non-hydrogen) atoms. The maximum absolute atomic E-state index is 11.3. The molecule has 1 fully saturated rings. The van der Waals surface area contributed by atoms with E-state index in [9.17, 15) is 10.1 Å². The third kappa shape index (κ3) is 4.11. The molecule has 2 aromatic carbocycles. The molecule has 2 unspecified atom stereocenters. The van der Waals surface area contributed by atoms with Crippen molar-refractivity contribution in [1.29, 1.82) is 0 Å². The van der Waals surface area contributed by atoms with E-state index in [0.717, 1.165) is 41.7 Å². The van der Waals surface area contributed by atoms with Crippen molar-refractivity contribution in [2.24, 2.45) is 5.92 Å². The molecular formula is C25H25N3O3. The van der Waals surface area contributed by atoms with Crippen molar-refractivity contribution in [2.45, 2.75) is 38.6 Å². The summed E-state index contributed by atoms with van der Waals surface area (Å²) < 4.78 is 8.25. The molecule has 0 spiro atoms. The summed E-state index contributed by atoms with van der Waals surface area (Å²) in [4.78, 5) is 10.9. The Morgan fingerprint density at radius 1 is 1.19 bits per heavy atom. The number of rotatable bonds is 7. The van der Waals surface area contributed by atoms with Crippen LogP contribution >= 0.6 is 0 Å². The number of hydrogen-bond donors (Lipinski definition) is 1. The van der Waals surface area contributed by atoms with Crippen LogP contribution in [0.1, 0.15) is 31.6 Å². The van der Waals surface area contributed by atoms with Crippen LogP contribution in [0.15, 0.2) is 78.4 Å². The Bertz CT molecular complexity index is 1180. The summed E-state index contributed by atoms with van der Waals surface area (Å²) in [7, 11) is 0. The lowest BCUT2D eigenvalue weighted by atomic mass is 9.94. The van der Waals surface area contributed by atoms with Gasteiger partial charge in [-0.1, -0.05) is 42.0 Å². The van der Waals surface area contributed by atoms with Gasteiger partial charge in [-0.15, -0.1) is 0 Å². The van der Waals surface area contributed by atoms with Crippen molar-refractivity contribution in [3.8, 4) is 0 Å². The van der Waals surface area contributed by atoms with Gasteiger partial charge in [0.2, 0.25) is 0 Å². The Hall–Kier alpha value is -3.38. The second-order valence-electron chi connectivity index (χ2n) is 8.31. The largest absolute Gasteiger partial charge is 0.358 e. The van der Waals surface area contributed by atoms with Crippen LogP contribution in [0.5, 0.6) is 0 Å². The Morgan fingerprint density at radius 2 is 2.03 bits per heavy atom. The molecule has 0 bridgehead atoms. The monoisotopic (exact) mass is 415 g/mol. The maximum atomic E-state index is 11.3. The fourth-order valence-corrected chi connectivity index (χ4v) is 4.44. The van der Waals surface area contributed by atoms with Crippen LogP contribution in [0.3, 0.4) is 0 Å². The number of benzene rings is 2. The number of nitro benzene ring substituents is 1. The average molecular weight is 415 g/mol. The van der Waals surface area contributed by atoms with Crippen LogP contribution in [-0.4, -0.2) is 15.7 Å². The van der Waals surface area contributed by atoms with E-state index in [1.54, 1.807) is 12.1 Å². The third-order valence-corrected chi connectivity index (χ3v) is 6.04. The van der Waals surface area contributed by atoms with E-state index in [1.807, 2.05) is 42.5 Å². The van der Waals surface area contributed by atoms with Crippen molar-refractivity contribution in [1.82, 2.24) is 4.57 Å². The minimum absolute atomic E-state index is 0.0739. The highest BCUT2D eigenvalue weighted by Gasteiger charge is 2.42. The Labute approximate surface area is 181 Å². The van der Waals surface area contributed by atoms with Gasteiger partial charge in [0.05, 0.1) is 10.6 Å². The van der Waals surface area contributed by atoms with Gasteiger partial charge in [0.15, 0.2) is 6.23 Å². The highest BCUT2D eigenvalue weighted by Crippen LogP contribution is 2.42. The number of aromatic nitrogens is 1. The van der Waals surface area contributed by atoms with Crippen LogP contribution in [-0.2, 0) is 11.3 Å². The molecule has 1 aliphatic heterocycles. The van der Waals surface area contributed by atoms with E-state index in [2.05, 4.69) is 35.0 Å². The number of para-hydroxylation sites is 1. The number of allylic oxidation sites excluding steroid dienone is 4. The molecule has 5 rings (SSSR count). The SMILES string of the molecule is CC1=C[C@H](CCn2c(C3OC3Nc3ccccc3)cc3cc([N+](=O)[O-])ccc32)CC=C1. The van der Waals surface area contributed by atoms with E-state index in [0.29, 0.717) is 5.92 Å². The summed E-state index contributed by atoms with van der Waals surface area (Å²) in [6.07, 6.45) is 8.64. The molecule has 1 aliphatic carbocycles. The highest BCUT2D eigenvalue weighted by molar-refractivity contribution is 5.84. The van der Waals surface area contributed by atoms with Crippen LogP contribution < -0.4 is 5.32 Å². The van der Waals surface area contributed by atoms with Crippen molar-refractivity contribution in [3.05, 3.63) is 94.2 Å². The Morgan fingerprint density at radius 3 is 2.81 bits per heavy atom. The van der Waals surface area contributed by atoms with Gasteiger partial charge in [-0.2, -0.15) is 0 Å². The van der Waals surface area contributed by atoms with Crippen molar-refractivity contribution >= 4 is 22.3 Å². The Kier molecular flexibility index (Phi) is 5.08. The number of anilines is 1. The minimum Gasteiger partial charge on any atom is -0.358 e. The van der Waals surface area contributed by atoms with E-state index in [-0.39, 0.29) is 22.9 Å². The number of nitro groups is 1. The number of fused-ring (bicyclic) bond motifs is 1. The number of epoxide rings is 1. The second kappa shape index (κ2) is 8.04. The lowest BCUT2D eigenvalue weighted by Crippen LogP contribution is -2.10. The molecule has 3 atom stereocenters. The molecular weight excluding hydrogens is 390 g/mol. The summed E-state index contributed by atoms with van der Waals surface area (Å²) in [5.74, 6) is 0.506. The highest BCUT2D eigenvalue weighted by atomic mass is 16.6. The summed E-state index contributed by atoms with van der Waals surface area (Å²) in [6, 6.07) is 17.1. The number of non-ortho nitro benzene ring substituents is 1. The predicted octanol–water partition coefficient (Wildman–Crippen LogP) is 5.97. The second-order valence-corrected chi connectivity index (χ2v) is 8.31. The zero-order chi connectivity index (χ0) is 21.4. The number of ether oxygens (including phenoxy) is 1. The first-order valence-electron chi connectivity index (χ1n) is 10.7. The zero-order valence-electron chi connectivity index (χ0n) is 17.4. The fourth-order valence-electron chi connectivity index (χ4n) is 4.44. The topological polar surface area (TPSA) is 72.6 Å². The van der Waals surface area contributed by atoms with E-state index < -0.39 is 0 Å². The molecule has 0 radical (unpaired) electrons. The van der Waals surface area contributed by atoms with Gasteiger partial charge in [-0.3, -0.25) is 10.1 Å². The van der Waals surface area contributed by atoms with Gasteiger partial charge in [0.1, 0.15) is 6.10 Å². The van der Waals surface area contributed by atoms with Crippen LogP contribution in [0, 0.1) is 16.0 Å². The van der Waals surface area contributed by atoms with Crippen LogP contribution in [0.4, 0.5) is 11.4 Å². The molecule has 2 heterocycles. The van der Waals surface area contributed by atoms with Gasteiger partial charge >= 0.3 is 0 Å². The van der Waals surface area contributed by atoms with Crippen molar-refractivity contribution < 1.29 is 9.66 Å². The number of hydrogen-bond acceptors (Lipinski definition) is 4. The van der Waals surface area contributed by atoms with E-state index >= 15 is 0 Å². The van der Waals surface area contributed by atoms with Gasteiger partial charge in [0, 0.05) is 35.3 Å². The quantitative estimate of drug-likeness (QED) is 0.293.